The number of benzene rings is 8. The van der Waals surface area contributed by atoms with Crippen molar-refractivity contribution in [2.75, 3.05) is 5.32 Å². The first-order valence-electron chi connectivity index (χ1n) is 18.4. The Morgan fingerprint density at radius 1 is 0.537 bits per heavy atom. The van der Waals surface area contributed by atoms with Gasteiger partial charge in [-0.3, -0.25) is 4.99 Å². The van der Waals surface area contributed by atoms with Gasteiger partial charge in [0.2, 0.25) is 0 Å². The number of hydrogen-bond donors (Lipinski definition) is 2. The fourth-order valence-electron chi connectivity index (χ4n) is 8.26. The molecule has 256 valence electrons. The molecule has 2 aliphatic rings. The monoisotopic (exact) mass is 710 g/mol. The van der Waals surface area contributed by atoms with Crippen molar-refractivity contribution in [2.24, 2.45) is 4.99 Å². The van der Waals surface area contributed by atoms with Crippen LogP contribution >= 0.6 is 11.8 Å². The van der Waals surface area contributed by atoms with E-state index < -0.39 is 0 Å². The largest absolute Gasteiger partial charge is 0.368 e. The van der Waals surface area contributed by atoms with Crippen LogP contribution in [0.15, 0.2) is 192 Å². The third kappa shape index (κ3) is 5.12. The summed E-state index contributed by atoms with van der Waals surface area (Å²) in [6.45, 7) is 0. The van der Waals surface area contributed by atoms with Gasteiger partial charge in [-0.2, -0.15) is 0 Å². The Balaban J connectivity index is 1.03. The number of para-hydroxylation sites is 2. The van der Waals surface area contributed by atoms with Gasteiger partial charge in [0, 0.05) is 38.0 Å². The Kier molecular flexibility index (Phi) is 7.20. The summed E-state index contributed by atoms with van der Waals surface area (Å²) in [4.78, 5) is 6.72. The van der Waals surface area contributed by atoms with Crippen LogP contribution in [0.1, 0.15) is 33.7 Å². The van der Waals surface area contributed by atoms with E-state index in [1.165, 1.54) is 59.5 Å². The molecule has 0 radical (unpaired) electrons. The molecule has 0 fully saturated rings. The van der Waals surface area contributed by atoms with E-state index in [9.17, 15) is 0 Å². The number of aliphatic imine (C=N–C) groups is 1. The topological polar surface area (TPSA) is 41.4 Å². The van der Waals surface area contributed by atoms with Crippen LogP contribution in [0.2, 0.25) is 0 Å². The van der Waals surface area contributed by atoms with Gasteiger partial charge < -0.3 is 15.2 Å². The predicted octanol–water partition coefficient (Wildman–Crippen LogP) is 12.4. The van der Waals surface area contributed by atoms with Crippen molar-refractivity contribution in [1.29, 1.82) is 0 Å². The molecular formula is C49H34N4S. The first-order valence-corrected chi connectivity index (χ1v) is 19.3. The second kappa shape index (κ2) is 12.5. The molecule has 5 heteroatoms. The summed E-state index contributed by atoms with van der Waals surface area (Å²) in [7, 11) is 0. The van der Waals surface area contributed by atoms with Gasteiger partial charge in [0.25, 0.3) is 0 Å². The number of aromatic nitrogens is 1. The minimum absolute atomic E-state index is 0.185. The molecule has 2 atom stereocenters. The molecule has 2 unspecified atom stereocenters. The first-order chi connectivity index (χ1) is 26.7. The summed E-state index contributed by atoms with van der Waals surface area (Å²) < 4.78 is 2.38. The van der Waals surface area contributed by atoms with Gasteiger partial charge in [-0.25, -0.2) is 0 Å². The standard InChI is InChI=1S/C49H34N4S/c1-4-12-31(13-5-1)41-30-42(35-22-26-40-39-18-10-11-19-43(39)53(44(40)29-35)37-16-8-3-9-17-37)51-48(50-41)36-23-25-38-34(28-36)21-20-32-24-27-45-47(46(32)38)52-49(54-45)33-14-6-2-7-15-33/h1-30,42,49,52H,(H,50,51). The van der Waals surface area contributed by atoms with Crippen LogP contribution in [0.4, 0.5) is 5.69 Å². The van der Waals surface area contributed by atoms with E-state index in [2.05, 4.69) is 197 Å². The van der Waals surface area contributed by atoms with Gasteiger partial charge in [-0.1, -0.05) is 151 Å². The lowest BCUT2D eigenvalue weighted by Gasteiger charge is -2.24. The molecule has 9 aromatic rings. The minimum Gasteiger partial charge on any atom is -0.368 e. The molecule has 0 spiro atoms. The van der Waals surface area contributed by atoms with Crippen LogP contribution in [0, 0.1) is 0 Å². The fourth-order valence-corrected chi connectivity index (χ4v) is 9.41. The summed E-state index contributed by atoms with van der Waals surface area (Å²) in [6.07, 6.45) is 2.26. The Morgan fingerprint density at radius 3 is 2.09 bits per heavy atom. The van der Waals surface area contributed by atoms with Crippen molar-refractivity contribution in [1.82, 2.24) is 9.88 Å². The predicted molar refractivity (Wildman–Crippen MR) is 228 cm³/mol. The molecule has 3 heterocycles. The molecule has 2 aliphatic heterocycles. The number of thioether (sulfide) groups is 1. The number of amidine groups is 1. The SMILES string of the molecule is C1=C(c2ccccc2)NC(c2ccc3c(ccc4ccc5c(c43)NC(c3ccccc3)S5)c2)=NC1c1ccc2c3ccccc3n(-c3ccccc3)c2c1. The Morgan fingerprint density at radius 2 is 1.24 bits per heavy atom. The molecule has 0 amide bonds. The highest BCUT2D eigenvalue weighted by Crippen LogP contribution is 2.50. The smallest absolute Gasteiger partial charge is 0.133 e. The van der Waals surface area contributed by atoms with E-state index in [-0.39, 0.29) is 11.4 Å². The van der Waals surface area contributed by atoms with Crippen molar-refractivity contribution < 1.29 is 0 Å². The molecule has 1 aromatic heterocycles. The molecule has 0 saturated heterocycles. The molecule has 4 nitrogen and oxygen atoms in total. The van der Waals surface area contributed by atoms with Crippen molar-refractivity contribution in [3.63, 3.8) is 0 Å². The van der Waals surface area contributed by atoms with Crippen LogP contribution in [0.25, 0.3) is 54.7 Å². The zero-order valence-electron chi connectivity index (χ0n) is 29.3. The summed E-state index contributed by atoms with van der Waals surface area (Å²) in [5, 5.41) is 15.2. The molecule has 2 N–H and O–H groups in total. The van der Waals surface area contributed by atoms with Crippen LogP contribution in [0.5, 0.6) is 0 Å². The molecule has 11 rings (SSSR count). The van der Waals surface area contributed by atoms with Crippen LogP contribution < -0.4 is 10.6 Å². The van der Waals surface area contributed by atoms with E-state index >= 15 is 0 Å². The van der Waals surface area contributed by atoms with E-state index in [1.54, 1.807) is 0 Å². The summed E-state index contributed by atoms with van der Waals surface area (Å²) in [5.74, 6) is 0.864. The highest BCUT2D eigenvalue weighted by molar-refractivity contribution is 8.00. The van der Waals surface area contributed by atoms with Gasteiger partial charge in [-0.05, 0) is 75.3 Å². The van der Waals surface area contributed by atoms with Crippen molar-refractivity contribution in [3.05, 3.63) is 204 Å². The zero-order valence-corrected chi connectivity index (χ0v) is 30.1. The summed E-state index contributed by atoms with van der Waals surface area (Å²) in [5.41, 5.74) is 10.4. The lowest BCUT2D eigenvalue weighted by molar-refractivity contribution is 0.881. The van der Waals surface area contributed by atoms with E-state index in [0.29, 0.717) is 0 Å². The fraction of sp³-hybridized carbons (Fsp3) is 0.0408. The maximum Gasteiger partial charge on any atom is 0.133 e. The summed E-state index contributed by atoms with van der Waals surface area (Å²) >= 11 is 1.89. The van der Waals surface area contributed by atoms with Gasteiger partial charge in [-0.15, -0.1) is 0 Å². The Hall–Kier alpha value is -6.56. The first kappa shape index (κ1) is 31.0. The third-order valence-corrected chi connectivity index (χ3v) is 12.1. The quantitative estimate of drug-likeness (QED) is 0.175. The molecule has 8 aromatic carbocycles. The van der Waals surface area contributed by atoms with Gasteiger partial charge in [0.05, 0.1) is 22.8 Å². The Labute approximate surface area is 317 Å². The van der Waals surface area contributed by atoms with Crippen LogP contribution in [-0.4, -0.2) is 10.4 Å². The second-order valence-electron chi connectivity index (χ2n) is 14.0. The normalized spacial score (nSPS) is 16.6. The average molecular weight is 711 g/mol. The molecule has 0 saturated carbocycles. The number of nitrogens with zero attached hydrogens (tertiary/aromatic N) is 2. The lowest BCUT2D eigenvalue weighted by atomic mass is 9.97. The molecule has 0 bridgehead atoms. The highest BCUT2D eigenvalue weighted by Gasteiger charge is 2.26. The zero-order chi connectivity index (χ0) is 35.6. The number of fused-ring (bicyclic) bond motifs is 8. The average Bonchev–Trinajstić information content (AvgIpc) is 3.84. The van der Waals surface area contributed by atoms with Crippen LogP contribution in [-0.2, 0) is 0 Å². The van der Waals surface area contributed by atoms with E-state index in [1.807, 2.05) is 11.8 Å². The maximum absolute atomic E-state index is 5.44. The van der Waals surface area contributed by atoms with Crippen molar-refractivity contribution in [2.45, 2.75) is 16.3 Å². The molecule has 0 aliphatic carbocycles. The van der Waals surface area contributed by atoms with E-state index in [4.69, 9.17) is 4.99 Å². The van der Waals surface area contributed by atoms with Crippen LogP contribution in [0.3, 0.4) is 0 Å². The molecule has 54 heavy (non-hydrogen) atoms. The number of anilines is 1. The lowest BCUT2D eigenvalue weighted by Crippen LogP contribution is -2.27. The second-order valence-corrected chi connectivity index (χ2v) is 15.2. The van der Waals surface area contributed by atoms with Gasteiger partial charge >= 0.3 is 0 Å². The van der Waals surface area contributed by atoms with Gasteiger partial charge in [0.1, 0.15) is 11.2 Å². The minimum atomic E-state index is -0.185. The van der Waals surface area contributed by atoms with Crippen molar-refractivity contribution >= 4 is 72.3 Å². The number of nitrogens with one attached hydrogen (secondary N) is 2. The Bertz CT molecular complexity index is 2970. The van der Waals surface area contributed by atoms with Gasteiger partial charge in [0.15, 0.2) is 0 Å². The highest BCUT2D eigenvalue weighted by atomic mass is 32.2. The number of hydrogen-bond acceptors (Lipinski definition) is 4. The number of rotatable bonds is 5. The van der Waals surface area contributed by atoms with E-state index in [0.717, 1.165) is 33.9 Å². The van der Waals surface area contributed by atoms with Crippen molar-refractivity contribution in [3.8, 4) is 5.69 Å². The molecular weight excluding hydrogens is 677 g/mol. The third-order valence-electron chi connectivity index (χ3n) is 10.8. The maximum atomic E-state index is 5.44. The summed E-state index contributed by atoms with van der Waals surface area (Å²) in [6, 6.07) is 63.1.